The molecule has 8 heteroatoms. The summed E-state index contributed by atoms with van der Waals surface area (Å²) in [6.45, 7) is 1.83. The molecule has 0 bridgehead atoms. The lowest BCUT2D eigenvalue weighted by Crippen LogP contribution is -2.21. The van der Waals surface area contributed by atoms with Crippen LogP contribution in [0, 0.1) is 3.57 Å². The van der Waals surface area contributed by atoms with Crippen LogP contribution < -0.4 is 10.6 Å². The van der Waals surface area contributed by atoms with Crippen LogP contribution in [0.1, 0.15) is 6.92 Å². The van der Waals surface area contributed by atoms with Crippen LogP contribution in [0.15, 0.2) is 48.8 Å². The van der Waals surface area contributed by atoms with Crippen molar-refractivity contribution in [2.45, 2.75) is 13.0 Å². The maximum absolute atomic E-state index is 9.29. The van der Waals surface area contributed by atoms with Gasteiger partial charge in [-0.25, -0.2) is 4.98 Å². The normalized spacial score (nSPS) is 11.8. The van der Waals surface area contributed by atoms with Gasteiger partial charge in [-0.2, -0.15) is 4.98 Å². The van der Waals surface area contributed by atoms with Crippen molar-refractivity contribution in [3.05, 3.63) is 57.4 Å². The highest BCUT2D eigenvalue weighted by atomic mass is 127. The first-order chi connectivity index (χ1) is 12.5. The number of nitrogens with zero attached hydrogens (tertiary/aromatic N) is 3. The van der Waals surface area contributed by atoms with E-state index in [9.17, 15) is 5.11 Å². The van der Waals surface area contributed by atoms with Crippen molar-refractivity contribution in [1.82, 2.24) is 15.0 Å². The largest absolute Gasteiger partial charge is 0.394 e. The van der Waals surface area contributed by atoms with Gasteiger partial charge >= 0.3 is 0 Å². The van der Waals surface area contributed by atoms with Crippen molar-refractivity contribution in [2.24, 2.45) is 0 Å². The Morgan fingerprint density at radius 1 is 1.15 bits per heavy atom. The van der Waals surface area contributed by atoms with Crippen LogP contribution in [-0.4, -0.2) is 32.7 Å². The first-order valence-corrected chi connectivity index (χ1v) is 9.40. The number of aliphatic hydroxyl groups is 1. The van der Waals surface area contributed by atoms with E-state index in [0.29, 0.717) is 16.8 Å². The second-order valence-electron chi connectivity index (χ2n) is 5.68. The zero-order valence-corrected chi connectivity index (χ0v) is 16.9. The second kappa shape index (κ2) is 8.61. The van der Waals surface area contributed by atoms with E-state index in [4.69, 9.17) is 11.6 Å². The van der Waals surface area contributed by atoms with Crippen molar-refractivity contribution in [2.75, 3.05) is 17.2 Å². The minimum absolute atomic E-state index is 0.0193. The highest BCUT2D eigenvalue weighted by Gasteiger charge is 2.10. The van der Waals surface area contributed by atoms with Gasteiger partial charge in [0, 0.05) is 33.6 Å². The Balaban J connectivity index is 1.98. The SMILES string of the molecule is C[C@@H](CO)Nc1nc(Nc2ccc(I)cc2Cl)cc(-c2ccncc2)n1. The van der Waals surface area contributed by atoms with Crippen LogP contribution >= 0.6 is 34.2 Å². The lowest BCUT2D eigenvalue weighted by Gasteiger charge is -2.15. The minimum atomic E-state index is -0.169. The maximum atomic E-state index is 9.29. The number of aliphatic hydroxyl groups excluding tert-OH is 1. The number of nitrogens with one attached hydrogen (secondary N) is 2. The standard InChI is InChI=1S/C18H17ClIN5O/c1-11(10-26)22-18-24-16(12-4-6-21-7-5-12)9-17(25-18)23-15-3-2-13(20)8-14(15)19/h2-9,11,26H,10H2,1H3,(H2,22,23,24,25)/t11-/m0/s1. The van der Waals surface area contributed by atoms with Crippen LogP contribution in [0.4, 0.5) is 17.5 Å². The number of halogens is 2. The molecule has 6 nitrogen and oxygen atoms in total. The van der Waals surface area contributed by atoms with Crippen LogP contribution in [0.5, 0.6) is 0 Å². The average Bonchev–Trinajstić information content (AvgIpc) is 2.64. The van der Waals surface area contributed by atoms with E-state index < -0.39 is 0 Å². The number of hydrogen-bond acceptors (Lipinski definition) is 6. The Morgan fingerprint density at radius 2 is 1.92 bits per heavy atom. The Kier molecular flexibility index (Phi) is 6.23. The molecular weight excluding hydrogens is 465 g/mol. The summed E-state index contributed by atoms with van der Waals surface area (Å²) < 4.78 is 1.05. The van der Waals surface area contributed by atoms with E-state index in [1.54, 1.807) is 12.4 Å². The van der Waals surface area contributed by atoms with E-state index in [1.165, 1.54) is 0 Å². The summed E-state index contributed by atoms with van der Waals surface area (Å²) in [6, 6.07) is 11.2. The summed E-state index contributed by atoms with van der Waals surface area (Å²) in [6.07, 6.45) is 3.42. The van der Waals surface area contributed by atoms with E-state index >= 15 is 0 Å². The number of hydrogen-bond donors (Lipinski definition) is 3. The van der Waals surface area contributed by atoms with Gasteiger partial charge in [-0.15, -0.1) is 0 Å². The Morgan fingerprint density at radius 3 is 2.62 bits per heavy atom. The number of anilines is 3. The lowest BCUT2D eigenvalue weighted by molar-refractivity contribution is 0.281. The number of benzene rings is 1. The Bertz CT molecular complexity index is 894. The fraction of sp³-hybridized carbons (Fsp3) is 0.167. The van der Waals surface area contributed by atoms with Crippen LogP contribution in [0.25, 0.3) is 11.3 Å². The van der Waals surface area contributed by atoms with Gasteiger partial charge in [-0.1, -0.05) is 11.6 Å². The van der Waals surface area contributed by atoms with Crippen molar-refractivity contribution in [3.63, 3.8) is 0 Å². The van der Waals surface area contributed by atoms with Crippen LogP contribution in [0.3, 0.4) is 0 Å². The number of aromatic nitrogens is 3. The van der Waals surface area contributed by atoms with E-state index in [2.05, 4.69) is 48.2 Å². The highest BCUT2D eigenvalue weighted by Crippen LogP contribution is 2.28. The van der Waals surface area contributed by atoms with Crippen molar-refractivity contribution in [3.8, 4) is 11.3 Å². The summed E-state index contributed by atoms with van der Waals surface area (Å²) in [5, 5.41) is 16.2. The molecule has 0 aliphatic rings. The van der Waals surface area contributed by atoms with E-state index in [0.717, 1.165) is 20.5 Å². The predicted molar refractivity (Wildman–Crippen MR) is 113 cm³/mol. The zero-order chi connectivity index (χ0) is 18.5. The van der Waals surface area contributed by atoms with E-state index in [-0.39, 0.29) is 12.6 Å². The zero-order valence-electron chi connectivity index (χ0n) is 13.9. The summed E-state index contributed by atoms with van der Waals surface area (Å²) >= 11 is 8.53. The van der Waals surface area contributed by atoms with Crippen LogP contribution in [0.2, 0.25) is 5.02 Å². The third-order valence-electron chi connectivity index (χ3n) is 3.55. The molecule has 134 valence electrons. The summed E-state index contributed by atoms with van der Waals surface area (Å²) in [7, 11) is 0. The molecule has 0 unspecified atom stereocenters. The van der Waals surface area contributed by atoms with Gasteiger partial charge < -0.3 is 15.7 Å². The Hall–Kier alpha value is -1.97. The van der Waals surface area contributed by atoms with Crippen LogP contribution in [-0.2, 0) is 0 Å². The third-order valence-corrected chi connectivity index (χ3v) is 4.53. The summed E-state index contributed by atoms with van der Waals surface area (Å²) in [4.78, 5) is 13.1. The quantitative estimate of drug-likeness (QED) is 0.455. The monoisotopic (exact) mass is 481 g/mol. The first kappa shape index (κ1) is 18.8. The average molecular weight is 482 g/mol. The summed E-state index contributed by atoms with van der Waals surface area (Å²) in [5.41, 5.74) is 2.41. The molecule has 0 aliphatic heterocycles. The second-order valence-corrected chi connectivity index (χ2v) is 7.33. The third kappa shape index (κ3) is 4.80. The molecule has 26 heavy (non-hydrogen) atoms. The number of pyridine rings is 1. The van der Waals surface area contributed by atoms with Gasteiger partial charge in [0.1, 0.15) is 5.82 Å². The molecule has 3 rings (SSSR count). The van der Waals surface area contributed by atoms with Crippen molar-refractivity contribution < 1.29 is 5.11 Å². The van der Waals surface area contributed by atoms with Crippen molar-refractivity contribution in [1.29, 1.82) is 0 Å². The smallest absolute Gasteiger partial charge is 0.225 e. The highest BCUT2D eigenvalue weighted by molar-refractivity contribution is 14.1. The van der Waals surface area contributed by atoms with Gasteiger partial charge in [0.05, 0.1) is 23.0 Å². The molecule has 0 aliphatic carbocycles. The summed E-state index contributed by atoms with van der Waals surface area (Å²) in [5.74, 6) is 1.02. The molecule has 1 aromatic carbocycles. The van der Waals surface area contributed by atoms with E-state index in [1.807, 2.05) is 43.3 Å². The van der Waals surface area contributed by atoms with Gasteiger partial charge in [0.25, 0.3) is 0 Å². The first-order valence-electron chi connectivity index (χ1n) is 7.94. The molecule has 0 amide bonds. The minimum Gasteiger partial charge on any atom is -0.394 e. The molecule has 0 saturated heterocycles. The molecule has 3 aromatic rings. The topological polar surface area (TPSA) is 83.0 Å². The maximum Gasteiger partial charge on any atom is 0.225 e. The predicted octanol–water partition coefficient (Wildman–Crippen LogP) is 4.33. The van der Waals surface area contributed by atoms with Crippen molar-refractivity contribution >= 4 is 51.6 Å². The molecule has 3 N–H and O–H groups in total. The van der Waals surface area contributed by atoms with Gasteiger partial charge in [0.15, 0.2) is 0 Å². The molecule has 0 spiro atoms. The van der Waals surface area contributed by atoms with Gasteiger partial charge in [0.2, 0.25) is 5.95 Å². The van der Waals surface area contributed by atoms with Gasteiger partial charge in [-0.3, -0.25) is 4.98 Å². The molecule has 0 fully saturated rings. The molecule has 0 radical (unpaired) electrons. The molecular formula is C18H17ClIN5O. The molecule has 2 heterocycles. The fourth-order valence-electron chi connectivity index (χ4n) is 2.24. The fourth-order valence-corrected chi connectivity index (χ4v) is 3.14. The van der Waals surface area contributed by atoms with Gasteiger partial charge in [-0.05, 0) is 59.8 Å². The number of rotatable bonds is 6. The molecule has 0 saturated carbocycles. The molecule has 2 aromatic heterocycles. The Labute approximate surface area is 170 Å². The molecule has 1 atom stereocenters. The lowest BCUT2D eigenvalue weighted by atomic mass is 10.2.